The lowest BCUT2D eigenvalue weighted by Gasteiger charge is -2.22. The van der Waals surface area contributed by atoms with Crippen molar-refractivity contribution in [2.45, 2.75) is 40.7 Å². The van der Waals surface area contributed by atoms with E-state index in [0.29, 0.717) is 24.3 Å². The first-order valence-corrected chi connectivity index (χ1v) is 10.2. The third-order valence-corrected chi connectivity index (χ3v) is 5.12. The average Bonchev–Trinajstić information content (AvgIpc) is 3.14. The second-order valence-electron chi connectivity index (χ2n) is 7.75. The van der Waals surface area contributed by atoms with Gasteiger partial charge in [0, 0.05) is 6.54 Å². The summed E-state index contributed by atoms with van der Waals surface area (Å²) in [4.78, 5) is 23.7. The van der Waals surface area contributed by atoms with Crippen LogP contribution >= 0.6 is 7.60 Å². The van der Waals surface area contributed by atoms with Crippen LogP contribution in [0.4, 0.5) is 10.1 Å². The maximum absolute atomic E-state index is 14.3. The number of fused-ring (bicyclic) bond motifs is 1. The zero-order valence-electron chi connectivity index (χ0n) is 15.7. The highest BCUT2D eigenvalue weighted by Gasteiger charge is 2.31. The van der Waals surface area contributed by atoms with Crippen LogP contribution < -0.4 is 11.2 Å². The van der Waals surface area contributed by atoms with Gasteiger partial charge in [0.05, 0.1) is 23.0 Å². The van der Waals surface area contributed by atoms with Gasteiger partial charge < -0.3 is 24.5 Å². The van der Waals surface area contributed by atoms with Crippen LogP contribution in [0.15, 0.2) is 22.8 Å². The van der Waals surface area contributed by atoms with Gasteiger partial charge in [-0.15, -0.1) is 0 Å². The lowest BCUT2D eigenvalue weighted by molar-refractivity contribution is 0.350. The van der Waals surface area contributed by atoms with Gasteiger partial charge in [-0.3, -0.25) is 4.57 Å². The highest BCUT2D eigenvalue weighted by atomic mass is 31.2. The Hall–Kier alpha value is -2.15. The minimum absolute atomic E-state index is 0.0858. The zero-order chi connectivity index (χ0) is 20.1. The Morgan fingerprint density at radius 1 is 1.37 bits per heavy atom. The summed E-state index contributed by atoms with van der Waals surface area (Å²) < 4.78 is 33.0. The first-order valence-electron chi connectivity index (χ1n) is 8.55. The summed E-state index contributed by atoms with van der Waals surface area (Å²) in [7, 11) is -4.65. The molecule has 0 spiro atoms. The molecular weight excluding hydrogens is 372 g/mol. The molecule has 146 valence electrons. The van der Waals surface area contributed by atoms with E-state index in [0.717, 1.165) is 5.56 Å². The van der Waals surface area contributed by atoms with Crippen molar-refractivity contribution in [2.24, 2.45) is 5.41 Å². The second-order valence-corrected chi connectivity index (χ2v) is 9.24. The van der Waals surface area contributed by atoms with E-state index in [1.165, 1.54) is 18.4 Å². The van der Waals surface area contributed by atoms with Crippen molar-refractivity contribution < 1.29 is 23.2 Å². The number of hydrogen-bond donors (Lipinski definition) is 3. The third kappa shape index (κ3) is 3.52. The van der Waals surface area contributed by atoms with Gasteiger partial charge in [0.15, 0.2) is 0 Å². The van der Waals surface area contributed by atoms with Crippen molar-refractivity contribution in [3.05, 3.63) is 29.8 Å². The number of halogens is 1. The Morgan fingerprint density at radius 2 is 2.04 bits per heavy atom. The number of nitrogens with zero attached hydrogens (tertiary/aromatic N) is 2. The number of nitrogens with two attached hydrogens (primary N) is 1. The highest BCUT2D eigenvalue weighted by Crippen LogP contribution is 2.40. The standard InChI is InChI=1S/C18H23FN3O4P/c1-5-10-8-12(19)13(20)14-15(10)22(9-18(2,3)4)16(21-14)11-6-7-26-17(11)27(23,24)25/h6-8H,5,9,20H2,1-4H3,(H2,23,24,25). The summed E-state index contributed by atoms with van der Waals surface area (Å²) >= 11 is 0. The molecule has 9 heteroatoms. The Kier molecular flexibility index (Phi) is 4.70. The molecule has 0 aliphatic rings. The van der Waals surface area contributed by atoms with E-state index in [9.17, 15) is 18.7 Å². The van der Waals surface area contributed by atoms with E-state index in [1.54, 1.807) is 0 Å². The molecule has 0 amide bonds. The molecule has 3 aromatic rings. The van der Waals surface area contributed by atoms with Crippen molar-refractivity contribution in [3.63, 3.8) is 0 Å². The molecule has 1 aromatic carbocycles. The zero-order valence-corrected chi connectivity index (χ0v) is 16.5. The number of aromatic nitrogens is 2. The average molecular weight is 395 g/mol. The number of benzene rings is 1. The smallest absolute Gasteiger partial charge is 0.391 e. The molecule has 0 atom stereocenters. The van der Waals surface area contributed by atoms with Gasteiger partial charge in [0.1, 0.15) is 17.2 Å². The van der Waals surface area contributed by atoms with Crippen LogP contribution in [-0.2, 0) is 17.5 Å². The molecule has 0 aliphatic carbocycles. The molecule has 0 fully saturated rings. The van der Waals surface area contributed by atoms with E-state index < -0.39 is 18.9 Å². The predicted molar refractivity (Wildman–Crippen MR) is 102 cm³/mol. The Bertz CT molecular complexity index is 1060. The SMILES string of the molecule is CCc1cc(F)c(N)c2nc(-c3ccoc3P(=O)(O)O)n(CC(C)(C)C)c12. The number of rotatable bonds is 4. The fourth-order valence-corrected chi connectivity index (χ4v) is 3.87. The van der Waals surface area contributed by atoms with Gasteiger partial charge in [0.2, 0.25) is 5.50 Å². The first-order chi connectivity index (χ1) is 12.4. The largest absolute Gasteiger partial charge is 0.456 e. The molecule has 3 rings (SSSR count). The van der Waals surface area contributed by atoms with Crippen LogP contribution in [0.3, 0.4) is 0 Å². The number of imidazole rings is 1. The number of nitrogen functional groups attached to an aromatic ring is 1. The first kappa shape index (κ1) is 19.6. The molecule has 0 radical (unpaired) electrons. The fourth-order valence-electron chi connectivity index (χ4n) is 3.18. The van der Waals surface area contributed by atoms with Crippen LogP contribution in [0.5, 0.6) is 0 Å². The molecule has 7 nitrogen and oxygen atoms in total. The summed E-state index contributed by atoms with van der Waals surface area (Å²) in [6.45, 7) is 8.47. The van der Waals surface area contributed by atoms with E-state index >= 15 is 0 Å². The summed E-state index contributed by atoms with van der Waals surface area (Å²) in [5.41, 5.74) is 7.05. The molecule has 0 unspecified atom stereocenters. The summed E-state index contributed by atoms with van der Waals surface area (Å²) in [5, 5.41) is 0. The molecule has 27 heavy (non-hydrogen) atoms. The molecule has 0 saturated heterocycles. The number of aryl methyl sites for hydroxylation is 1. The number of hydrogen-bond acceptors (Lipinski definition) is 4. The summed E-state index contributed by atoms with van der Waals surface area (Å²) in [6, 6.07) is 2.84. The van der Waals surface area contributed by atoms with Crippen LogP contribution in [0.25, 0.3) is 22.4 Å². The van der Waals surface area contributed by atoms with Crippen LogP contribution in [0.2, 0.25) is 0 Å². The molecular formula is C18H23FN3O4P. The van der Waals surface area contributed by atoms with E-state index in [1.807, 2.05) is 32.3 Å². The molecule has 0 aliphatic heterocycles. The Balaban J connectivity index is 2.43. The second kappa shape index (κ2) is 6.48. The molecule has 4 N–H and O–H groups in total. The minimum Gasteiger partial charge on any atom is -0.456 e. The normalized spacial score (nSPS) is 12.9. The van der Waals surface area contributed by atoms with Crippen molar-refractivity contribution in [1.29, 1.82) is 0 Å². The molecule has 0 bridgehead atoms. The van der Waals surface area contributed by atoms with Gasteiger partial charge in [-0.25, -0.2) is 9.37 Å². The number of furan rings is 1. The van der Waals surface area contributed by atoms with Crippen molar-refractivity contribution in [2.75, 3.05) is 5.73 Å². The molecule has 2 heterocycles. The monoisotopic (exact) mass is 395 g/mol. The van der Waals surface area contributed by atoms with E-state index in [2.05, 4.69) is 4.98 Å². The molecule has 0 saturated carbocycles. The van der Waals surface area contributed by atoms with Crippen molar-refractivity contribution >= 4 is 29.8 Å². The molecule has 2 aromatic heterocycles. The maximum Gasteiger partial charge on any atom is 0.391 e. The highest BCUT2D eigenvalue weighted by molar-refractivity contribution is 7.60. The quantitative estimate of drug-likeness (QED) is 0.461. The Morgan fingerprint density at radius 3 is 2.59 bits per heavy atom. The predicted octanol–water partition coefficient (Wildman–Crippen LogP) is 3.43. The van der Waals surface area contributed by atoms with E-state index in [4.69, 9.17) is 10.2 Å². The van der Waals surface area contributed by atoms with Crippen LogP contribution in [-0.4, -0.2) is 19.3 Å². The van der Waals surface area contributed by atoms with Crippen LogP contribution in [0, 0.1) is 11.2 Å². The van der Waals surface area contributed by atoms with Crippen molar-refractivity contribution in [1.82, 2.24) is 9.55 Å². The van der Waals surface area contributed by atoms with Gasteiger partial charge in [-0.2, -0.15) is 0 Å². The van der Waals surface area contributed by atoms with Crippen LogP contribution in [0.1, 0.15) is 33.3 Å². The van der Waals surface area contributed by atoms with Gasteiger partial charge in [0.25, 0.3) is 0 Å². The minimum atomic E-state index is -4.65. The summed E-state index contributed by atoms with van der Waals surface area (Å²) in [5.74, 6) is -0.271. The van der Waals surface area contributed by atoms with Crippen molar-refractivity contribution in [3.8, 4) is 11.4 Å². The lowest BCUT2D eigenvalue weighted by Crippen LogP contribution is -2.18. The topological polar surface area (TPSA) is 115 Å². The van der Waals surface area contributed by atoms with Gasteiger partial charge >= 0.3 is 7.60 Å². The van der Waals surface area contributed by atoms with E-state index in [-0.39, 0.29) is 22.2 Å². The summed E-state index contributed by atoms with van der Waals surface area (Å²) in [6.07, 6.45) is 1.76. The fraction of sp³-hybridized carbons (Fsp3) is 0.389. The van der Waals surface area contributed by atoms with Gasteiger partial charge in [-0.05, 0) is 29.5 Å². The lowest BCUT2D eigenvalue weighted by atomic mass is 9.96. The third-order valence-electron chi connectivity index (χ3n) is 4.25. The number of anilines is 1. The maximum atomic E-state index is 14.3. The Labute approximate surface area is 156 Å². The van der Waals surface area contributed by atoms with Gasteiger partial charge in [-0.1, -0.05) is 27.7 Å².